The summed E-state index contributed by atoms with van der Waals surface area (Å²) in [6, 6.07) is 4.08. The first-order valence-electron chi connectivity index (χ1n) is 10.6. The maximum atomic E-state index is 11.9. The van der Waals surface area contributed by atoms with Gasteiger partial charge in [0.2, 0.25) is 0 Å². The van der Waals surface area contributed by atoms with E-state index in [9.17, 15) is 15.0 Å². The molecule has 0 bridgehead atoms. The second-order valence-electron chi connectivity index (χ2n) is 8.64. The van der Waals surface area contributed by atoms with Gasteiger partial charge in [-0.1, -0.05) is 0 Å². The number of fused-ring (bicyclic) bond motifs is 1. The highest BCUT2D eigenvalue weighted by atomic mass is 16.5. The molecule has 2 fully saturated rings. The number of aromatic nitrogens is 2. The Bertz CT molecular complexity index is 930. The van der Waals surface area contributed by atoms with Crippen molar-refractivity contribution < 1.29 is 19.7 Å². The van der Waals surface area contributed by atoms with Gasteiger partial charge in [-0.2, -0.15) is 5.10 Å². The number of ether oxygens (including phenoxy) is 1. The summed E-state index contributed by atoms with van der Waals surface area (Å²) >= 11 is 0. The highest BCUT2D eigenvalue weighted by Gasteiger charge is 2.33. The van der Waals surface area contributed by atoms with Gasteiger partial charge in [0, 0.05) is 28.9 Å². The Morgan fingerprint density at radius 3 is 2.69 bits per heavy atom. The molecule has 0 saturated heterocycles. The molecular formula is C22H27N3O4. The lowest BCUT2D eigenvalue weighted by molar-refractivity contribution is 0.0434. The van der Waals surface area contributed by atoms with Crippen LogP contribution in [0.1, 0.15) is 57.1 Å². The molecule has 0 radical (unpaired) electrons. The van der Waals surface area contributed by atoms with E-state index in [1.54, 1.807) is 0 Å². The van der Waals surface area contributed by atoms with E-state index >= 15 is 0 Å². The Labute approximate surface area is 169 Å². The van der Waals surface area contributed by atoms with E-state index in [-0.39, 0.29) is 24.3 Å². The molecule has 2 N–H and O–H groups in total. The van der Waals surface area contributed by atoms with Gasteiger partial charge in [-0.15, -0.1) is 0 Å². The van der Waals surface area contributed by atoms with Crippen LogP contribution in [-0.4, -0.2) is 44.3 Å². The van der Waals surface area contributed by atoms with E-state index < -0.39 is 6.09 Å². The molecule has 7 nitrogen and oxygen atoms in total. The predicted octanol–water partition coefficient (Wildman–Crippen LogP) is 4.00. The van der Waals surface area contributed by atoms with Crippen molar-refractivity contribution in [1.29, 1.82) is 0 Å². The molecule has 1 amide bonds. The molecule has 0 unspecified atom stereocenters. The van der Waals surface area contributed by atoms with Gasteiger partial charge in [0.05, 0.1) is 30.1 Å². The maximum Gasteiger partial charge on any atom is 0.412 e. The van der Waals surface area contributed by atoms with Crippen molar-refractivity contribution in [3.05, 3.63) is 30.1 Å². The maximum absolute atomic E-state index is 11.9. The fourth-order valence-corrected chi connectivity index (χ4v) is 4.57. The Hall–Kier alpha value is -2.54. The van der Waals surface area contributed by atoms with Crippen molar-refractivity contribution in [2.45, 2.75) is 76.2 Å². The second kappa shape index (κ2) is 7.06. The quantitative estimate of drug-likeness (QED) is 0.814. The van der Waals surface area contributed by atoms with Gasteiger partial charge in [-0.05, 0) is 64.0 Å². The summed E-state index contributed by atoms with van der Waals surface area (Å²) in [6.45, 7) is 1.95. The standard InChI is InChI=1S/C22H27N3O4/c1-13-5-6-19-20(25(13)22(27)28)8-7-18(21(19)29-17-3-2-4-17)14-11-23-24(12-14)15-9-16(26)10-15/h7-8,11-13,15-17,26H,2-6,9-10H2,1H3,(H,27,28)/t13-,15?,16?/m0/s1. The molecule has 1 aliphatic heterocycles. The van der Waals surface area contributed by atoms with Crippen LogP contribution in [0, 0.1) is 0 Å². The molecule has 2 saturated carbocycles. The van der Waals surface area contributed by atoms with Gasteiger partial charge in [-0.25, -0.2) is 4.79 Å². The number of aliphatic hydroxyl groups excluding tert-OH is 1. The number of aliphatic hydroxyl groups is 1. The van der Waals surface area contributed by atoms with Crippen molar-refractivity contribution in [1.82, 2.24) is 9.78 Å². The fraction of sp³-hybridized carbons (Fsp3) is 0.545. The molecule has 2 aliphatic carbocycles. The number of hydrogen-bond acceptors (Lipinski definition) is 4. The third-order valence-electron chi connectivity index (χ3n) is 6.67. The van der Waals surface area contributed by atoms with Crippen LogP contribution < -0.4 is 9.64 Å². The van der Waals surface area contributed by atoms with Crippen molar-refractivity contribution in [2.75, 3.05) is 4.90 Å². The van der Waals surface area contributed by atoms with Crippen LogP contribution >= 0.6 is 0 Å². The molecule has 2 aromatic rings. The summed E-state index contributed by atoms with van der Waals surface area (Å²) in [5.41, 5.74) is 3.68. The van der Waals surface area contributed by atoms with E-state index in [1.807, 2.05) is 36.1 Å². The Balaban J connectivity index is 1.55. The summed E-state index contributed by atoms with van der Waals surface area (Å²) in [4.78, 5) is 13.3. The molecule has 29 heavy (non-hydrogen) atoms. The number of amides is 1. The Morgan fingerprint density at radius 1 is 1.24 bits per heavy atom. The minimum absolute atomic E-state index is 0.0461. The van der Waals surface area contributed by atoms with Gasteiger partial charge in [0.1, 0.15) is 5.75 Å². The molecule has 3 aliphatic rings. The van der Waals surface area contributed by atoms with Crippen LogP contribution in [0.5, 0.6) is 5.75 Å². The zero-order chi connectivity index (χ0) is 20.1. The second-order valence-corrected chi connectivity index (χ2v) is 8.64. The van der Waals surface area contributed by atoms with E-state index in [4.69, 9.17) is 4.74 Å². The minimum atomic E-state index is -0.919. The summed E-state index contributed by atoms with van der Waals surface area (Å²) < 4.78 is 8.36. The normalized spacial score (nSPS) is 26.4. The van der Waals surface area contributed by atoms with Gasteiger partial charge >= 0.3 is 6.09 Å². The van der Waals surface area contributed by atoms with Gasteiger partial charge in [0.25, 0.3) is 0 Å². The molecule has 7 heteroatoms. The lowest BCUT2D eigenvalue weighted by Crippen LogP contribution is -2.41. The number of nitrogens with zero attached hydrogens (tertiary/aromatic N) is 3. The molecule has 0 spiro atoms. The largest absolute Gasteiger partial charge is 0.489 e. The van der Waals surface area contributed by atoms with Crippen molar-refractivity contribution in [2.24, 2.45) is 0 Å². The first-order chi connectivity index (χ1) is 14.0. The van der Waals surface area contributed by atoms with Crippen LogP contribution in [0.25, 0.3) is 11.1 Å². The van der Waals surface area contributed by atoms with E-state index in [2.05, 4.69) is 5.10 Å². The Kier molecular flexibility index (Phi) is 4.50. The predicted molar refractivity (Wildman–Crippen MR) is 108 cm³/mol. The van der Waals surface area contributed by atoms with Gasteiger partial charge in [-0.3, -0.25) is 9.58 Å². The molecule has 154 valence electrons. The number of carbonyl (C=O) groups is 1. The molecule has 1 aromatic carbocycles. The van der Waals surface area contributed by atoms with Crippen LogP contribution in [0.3, 0.4) is 0 Å². The smallest absolute Gasteiger partial charge is 0.412 e. The van der Waals surface area contributed by atoms with Crippen LogP contribution in [0.2, 0.25) is 0 Å². The molecule has 5 rings (SSSR count). The first-order valence-corrected chi connectivity index (χ1v) is 10.6. The Morgan fingerprint density at radius 2 is 2.03 bits per heavy atom. The molecule has 1 atom stereocenters. The topological polar surface area (TPSA) is 87.8 Å². The molecule has 2 heterocycles. The lowest BCUT2D eigenvalue weighted by Gasteiger charge is -2.36. The third-order valence-corrected chi connectivity index (χ3v) is 6.67. The number of benzene rings is 1. The first kappa shape index (κ1) is 18.5. The summed E-state index contributed by atoms with van der Waals surface area (Å²) in [6.07, 6.45) is 9.25. The number of rotatable bonds is 4. The SMILES string of the molecule is C[C@H]1CCc2c(ccc(-c3cnn(C4CC(O)C4)c3)c2OC2CCC2)N1C(=O)O. The number of carboxylic acid groups (broad SMARTS) is 1. The zero-order valence-corrected chi connectivity index (χ0v) is 16.6. The lowest BCUT2D eigenvalue weighted by atomic mass is 9.89. The third kappa shape index (κ3) is 3.17. The monoisotopic (exact) mass is 397 g/mol. The highest BCUT2D eigenvalue weighted by molar-refractivity contribution is 5.91. The molecule has 1 aromatic heterocycles. The highest BCUT2D eigenvalue weighted by Crippen LogP contribution is 2.45. The van der Waals surface area contributed by atoms with Crippen molar-refractivity contribution >= 4 is 11.8 Å². The van der Waals surface area contributed by atoms with E-state index in [1.165, 1.54) is 11.3 Å². The molecular weight excluding hydrogens is 370 g/mol. The minimum Gasteiger partial charge on any atom is -0.489 e. The van der Waals surface area contributed by atoms with Crippen LogP contribution in [-0.2, 0) is 6.42 Å². The number of hydrogen-bond donors (Lipinski definition) is 2. The van der Waals surface area contributed by atoms with Gasteiger partial charge in [0.15, 0.2) is 0 Å². The van der Waals surface area contributed by atoms with Crippen LogP contribution in [0.4, 0.5) is 10.5 Å². The summed E-state index contributed by atoms with van der Waals surface area (Å²) in [7, 11) is 0. The average Bonchev–Trinajstić information content (AvgIpc) is 3.10. The average molecular weight is 397 g/mol. The summed E-state index contributed by atoms with van der Waals surface area (Å²) in [5, 5.41) is 23.8. The van der Waals surface area contributed by atoms with E-state index in [0.29, 0.717) is 0 Å². The van der Waals surface area contributed by atoms with Crippen LogP contribution in [0.15, 0.2) is 24.5 Å². The van der Waals surface area contributed by atoms with Crippen molar-refractivity contribution in [3.8, 4) is 16.9 Å². The summed E-state index contributed by atoms with van der Waals surface area (Å²) in [5.74, 6) is 0.818. The number of anilines is 1. The fourth-order valence-electron chi connectivity index (χ4n) is 4.57. The zero-order valence-electron chi connectivity index (χ0n) is 16.6. The van der Waals surface area contributed by atoms with Crippen molar-refractivity contribution in [3.63, 3.8) is 0 Å². The van der Waals surface area contributed by atoms with Gasteiger partial charge < -0.3 is 14.9 Å². The van der Waals surface area contributed by atoms with E-state index in [0.717, 1.165) is 66.7 Å².